The maximum Gasteiger partial charge on any atom is 0.409 e. The summed E-state index contributed by atoms with van der Waals surface area (Å²) in [5, 5.41) is 0. The first-order valence-corrected chi connectivity index (χ1v) is 8.36. The van der Waals surface area contributed by atoms with Crippen LogP contribution in [-0.4, -0.2) is 43.1 Å². The fourth-order valence-corrected chi connectivity index (χ4v) is 3.01. The van der Waals surface area contributed by atoms with E-state index in [1.807, 2.05) is 43.0 Å². The second-order valence-electron chi connectivity index (χ2n) is 5.88. The van der Waals surface area contributed by atoms with Gasteiger partial charge in [-0.2, -0.15) is 0 Å². The van der Waals surface area contributed by atoms with Gasteiger partial charge in [0, 0.05) is 31.2 Å². The average Bonchev–Trinajstić information content (AvgIpc) is 2.56. The van der Waals surface area contributed by atoms with Crippen LogP contribution >= 0.6 is 0 Å². The Kier molecular flexibility index (Phi) is 6.02. The lowest BCUT2D eigenvalue weighted by molar-refractivity contribution is -0.123. The van der Waals surface area contributed by atoms with E-state index in [-0.39, 0.29) is 17.9 Å². The zero-order chi connectivity index (χ0) is 16.8. The third kappa shape index (κ3) is 4.24. The summed E-state index contributed by atoms with van der Waals surface area (Å²) in [7, 11) is 0. The fraction of sp³-hybridized carbons (Fsp3) is 0.556. The first kappa shape index (κ1) is 17.3. The molecule has 0 aliphatic carbocycles. The lowest BCUT2D eigenvalue weighted by atomic mass is 9.95. The molecule has 0 aromatic heterocycles. The van der Waals surface area contributed by atoms with E-state index in [1.165, 1.54) is 0 Å². The Morgan fingerprint density at radius 3 is 2.52 bits per heavy atom. The van der Waals surface area contributed by atoms with E-state index in [9.17, 15) is 9.59 Å². The first-order valence-electron chi connectivity index (χ1n) is 8.36. The number of carbonyl (C=O) groups is 2. The quantitative estimate of drug-likeness (QED) is 0.856. The molecule has 0 spiro atoms. The Labute approximate surface area is 138 Å². The Morgan fingerprint density at radius 2 is 1.96 bits per heavy atom. The van der Waals surface area contributed by atoms with Crippen LogP contribution < -0.4 is 4.90 Å². The van der Waals surface area contributed by atoms with Gasteiger partial charge in [0.15, 0.2) is 0 Å². The Hall–Kier alpha value is -2.04. The van der Waals surface area contributed by atoms with Crippen molar-refractivity contribution in [1.82, 2.24) is 4.90 Å². The van der Waals surface area contributed by atoms with Crippen molar-refractivity contribution in [2.75, 3.05) is 31.1 Å². The Balaban J connectivity index is 1.99. The highest BCUT2D eigenvalue weighted by Gasteiger charge is 2.30. The zero-order valence-electron chi connectivity index (χ0n) is 14.2. The molecule has 1 aromatic carbocycles. The topological polar surface area (TPSA) is 49.9 Å². The maximum atomic E-state index is 12.8. The number of ether oxygens (including phenoxy) is 1. The summed E-state index contributed by atoms with van der Waals surface area (Å²) >= 11 is 0. The number of piperidine rings is 1. The number of aryl methyl sites for hydroxylation is 1. The van der Waals surface area contributed by atoms with Gasteiger partial charge in [0.05, 0.1) is 6.61 Å². The number of hydrogen-bond donors (Lipinski definition) is 0. The number of likely N-dealkylation sites (tertiary alicyclic amines) is 1. The smallest absolute Gasteiger partial charge is 0.409 e. The average molecular weight is 318 g/mol. The molecule has 1 aliphatic heterocycles. The Bertz CT molecular complexity index is 551. The number of rotatable bonds is 4. The molecular formula is C18H26N2O3. The van der Waals surface area contributed by atoms with Crippen molar-refractivity contribution in [3.63, 3.8) is 0 Å². The van der Waals surface area contributed by atoms with E-state index in [0.717, 1.165) is 11.3 Å². The summed E-state index contributed by atoms with van der Waals surface area (Å²) < 4.78 is 5.02. The number of carbonyl (C=O) groups excluding carboxylic acids is 2. The fourth-order valence-electron chi connectivity index (χ4n) is 3.01. The number of nitrogens with zero attached hydrogens (tertiary/aromatic N) is 2. The molecule has 5 nitrogen and oxygen atoms in total. The normalized spacial score (nSPS) is 15.3. The Morgan fingerprint density at radius 1 is 1.26 bits per heavy atom. The molecule has 1 aliphatic rings. The minimum Gasteiger partial charge on any atom is -0.450 e. The molecular weight excluding hydrogens is 292 g/mol. The molecule has 0 radical (unpaired) electrons. The van der Waals surface area contributed by atoms with E-state index in [4.69, 9.17) is 4.74 Å². The van der Waals surface area contributed by atoms with E-state index >= 15 is 0 Å². The number of anilines is 1. The van der Waals surface area contributed by atoms with Crippen molar-refractivity contribution >= 4 is 17.7 Å². The van der Waals surface area contributed by atoms with Crippen LogP contribution in [0.15, 0.2) is 24.3 Å². The standard InChI is InChI=1S/C18H26N2O3/c1-4-20(16-8-6-7-14(3)13-16)17(21)15-9-11-19(12-10-15)18(22)23-5-2/h6-8,13,15H,4-5,9-12H2,1-3H3. The highest BCUT2D eigenvalue weighted by atomic mass is 16.6. The van der Waals surface area contributed by atoms with Crippen LogP contribution in [-0.2, 0) is 9.53 Å². The van der Waals surface area contributed by atoms with Gasteiger partial charge in [-0.1, -0.05) is 12.1 Å². The van der Waals surface area contributed by atoms with Crippen molar-refractivity contribution in [2.45, 2.75) is 33.6 Å². The minimum absolute atomic E-state index is 0.0267. The van der Waals surface area contributed by atoms with Crippen LogP contribution in [0.25, 0.3) is 0 Å². The van der Waals surface area contributed by atoms with Gasteiger partial charge in [-0.3, -0.25) is 4.79 Å². The van der Waals surface area contributed by atoms with Gasteiger partial charge < -0.3 is 14.5 Å². The molecule has 2 rings (SSSR count). The molecule has 0 N–H and O–H groups in total. The molecule has 0 atom stereocenters. The lowest BCUT2D eigenvalue weighted by Gasteiger charge is -2.33. The zero-order valence-corrected chi connectivity index (χ0v) is 14.2. The highest BCUT2D eigenvalue weighted by molar-refractivity contribution is 5.95. The van der Waals surface area contributed by atoms with Gasteiger partial charge in [-0.05, 0) is 51.3 Å². The van der Waals surface area contributed by atoms with Crippen molar-refractivity contribution in [2.24, 2.45) is 5.92 Å². The molecule has 0 bridgehead atoms. The van der Waals surface area contributed by atoms with Gasteiger partial charge in [-0.25, -0.2) is 4.79 Å². The van der Waals surface area contributed by atoms with E-state index in [2.05, 4.69) is 0 Å². The summed E-state index contributed by atoms with van der Waals surface area (Å²) in [6, 6.07) is 8.01. The lowest BCUT2D eigenvalue weighted by Crippen LogP contribution is -2.44. The predicted molar refractivity (Wildman–Crippen MR) is 90.5 cm³/mol. The molecule has 0 unspecified atom stereocenters. The van der Waals surface area contributed by atoms with E-state index < -0.39 is 0 Å². The minimum atomic E-state index is -0.274. The second kappa shape index (κ2) is 7.99. The maximum absolute atomic E-state index is 12.8. The van der Waals surface area contributed by atoms with Gasteiger partial charge in [0.2, 0.25) is 5.91 Å². The summed E-state index contributed by atoms with van der Waals surface area (Å²) in [5.41, 5.74) is 2.09. The van der Waals surface area contributed by atoms with Crippen molar-refractivity contribution in [1.29, 1.82) is 0 Å². The summed E-state index contributed by atoms with van der Waals surface area (Å²) in [6.45, 7) is 8.03. The summed E-state index contributed by atoms with van der Waals surface area (Å²) in [6.07, 6.45) is 1.12. The molecule has 23 heavy (non-hydrogen) atoms. The second-order valence-corrected chi connectivity index (χ2v) is 5.88. The molecule has 2 amide bonds. The highest BCUT2D eigenvalue weighted by Crippen LogP contribution is 2.24. The number of benzene rings is 1. The van der Waals surface area contributed by atoms with Crippen molar-refractivity contribution in [3.05, 3.63) is 29.8 Å². The first-order chi connectivity index (χ1) is 11.1. The van der Waals surface area contributed by atoms with E-state index in [1.54, 1.807) is 11.8 Å². The van der Waals surface area contributed by atoms with Crippen LogP contribution in [0.3, 0.4) is 0 Å². The molecule has 1 fully saturated rings. The third-order valence-electron chi connectivity index (χ3n) is 4.27. The van der Waals surface area contributed by atoms with Crippen LogP contribution in [0.1, 0.15) is 32.3 Å². The number of amides is 2. The molecule has 0 saturated carbocycles. The van der Waals surface area contributed by atoms with Crippen LogP contribution in [0.2, 0.25) is 0 Å². The van der Waals surface area contributed by atoms with Gasteiger partial charge in [-0.15, -0.1) is 0 Å². The van der Waals surface area contributed by atoms with Crippen molar-refractivity contribution in [3.8, 4) is 0 Å². The molecule has 1 saturated heterocycles. The van der Waals surface area contributed by atoms with Crippen LogP contribution in [0, 0.1) is 12.8 Å². The van der Waals surface area contributed by atoms with Gasteiger partial charge in [0.1, 0.15) is 0 Å². The monoisotopic (exact) mass is 318 g/mol. The largest absolute Gasteiger partial charge is 0.450 e. The third-order valence-corrected chi connectivity index (χ3v) is 4.27. The summed E-state index contributed by atoms with van der Waals surface area (Å²) in [5.74, 6) is 0.128. The van der Waals surface area contributed by atoms with Crippen LogP contribution in [0.4, 0.5) is 10.5 Å². The van der Waals surface area contributed by atoms with Gasteiger partial charge >= 0.3 is 6.09 Å². The predicted octanol–water partition coefficient (Wildman–Crippen LogP) is 3.22. The summed E-state index contributed by atoms with van der Waals surface area (Å²) in [4.78, 5) is 28.1. The van der Waals surface area contributed by atoms with Crippen molar-refractivity contribution < 1.29 is 14.3 Å². The van der Waals surface area contributed by atoms with Crippen LogP contribution in [0.5, 0.6) is 0 Å². The molecule has 1 aromatic rings. The SMILES string of the molecule is CCOC(=O)N1CCC(C(=O)N(CC)c2cccc(C)c2)CC1. The van der Waals surface area contributed by atoms with E-state index in [0.29, 0.717) is 39.1 Å². The molecule has 1 heterocycles. The number of hydrogen-bond acceptors (Lipinski definition) is 3. The molecule has 126 valence electrons. The van der Waals surface area contributed by atoms with Gasteiger partial charge in [0.25, 0.3) is 0 Å². The molecule has 5 heteroatoms.